The van der Waals surface area contributed by atoms with Crippen LogP contribution in [0.4, 0.5) is 15.9 Å². The average Bonchev–Trinajstić information content (AvgIpc) is 3.16. The zero-order valence-corrected chi connectivity index (χ0v) is 21.4. The highest BCUT2D eigenvalue weighted by Gasteiger charge is 2.26. The van der Waals surface area contributed by atoms with E-state index in [0.29, 0.717) is 29.4 Å². The number of benzene rings is 3. The second kappa shape index (κ2) is 10.0. The zero-order valence-electron chi connectivity index (χ0n) is 21.4. The molecule has 0 fully saturated rings. The minimum Gasteiger partial charge on any atom is -0.496 e. The summed E-state index contributed by atoms with van der Waals surface area (Å²) in [6.07, 6.45) is 0.768. The van der Waals surface area contributed by atoms with Crippen LogP contribution >= 0.6 is 0 Å². The summed E-state index contributed by atoms with van der Waals surface area (Å²) < 4.78 is 20.7. The quantitative estimate of drug-likeness (QED) is 0.348. The minimum absolute atomic E-state index is 0.122. The van der Waals surface area contributed by atoms with Crippen LogP contribution in [0, 0.1) is 19.7 Å². The number of primary amides is 1. The minimum atomic E-state index is -0.567. The van der Waals surface area contributed by atoms with Crippen molar-refractivity contribution in [1.29, 1.82) is 0 Å². The lowest BCUT2D eigenvalue weighted by atomic mass is 10.0. The number of carbonyl (C=O) groups is 2. The molecule has 0 saturated heterocycles. The van der Waals surface area contributed by atoms with Crippen LogP contribution in [-0.4, -0.2) is 28.7 Å². The SMILES string of the molecule is COc1ccc(F)cc1C(=O)NCc1ccc(-c2nn3c(c2C(N)=O)Nc2ccc(C)cc2CC3)cc1C. The summed E-state index contributed by atoms with van der Waals surface area (Å²) >= 11 is 0. The van der Waals surface area contributed by atoms with Crippen molar-refractivity contribution in [2.75, 3.05) is 12.4 Å². The Labute approximate surface area is 219 Å². The summed E-state index contributed by atoms with van der Waals surface area (Å²) in [6, 6.07) is 15.6. The summed E-state index contributed by atoms with van der Waals surface area (Å²) in [5.41, 5.74) is 12.5. The second-order valence-corrected chi connectivity index (χ2v) is 9.36. The van der Waals surface area contributed by atoms with Gasteiger partial charge in [-0.3, -0.25) is 9.59 Å². The van der Waals surface area contributed by atoms with Gasteiger partial charge in [-0.05, 0) is 67.3 Å². The Balaban J connectivity index is 1.41. The van der Waals surface area contributed by atoms with E-state index in [2.05, 4.69) is 16.7 Å². The molecule has 194 valence electrons. The topological polar surface area (TPSA) is 111 Å². The largest absolute Gasteiger partial charge is 0.496 e. The first kappa shape index (κ1) is 25.0. The van der Waals surface area contributed by atoms with Gasteiger partial charge in [-0.1, -0.05) is 29.8 Å². The maximum absolute atomic E-state index is 13.7. The molecule has 38 heavy (non-hydrogen) atoms. The van der Waals surface area contributed by atoms with Crippen LogP contribution in [0.2, 0.25) is 0 Å². The molecular weight excluding hydrogens is 485 g/mol. The van der Waals surface area contributed by atoms with Crippen molar-refractivity contribution in [3.05, 3.63) is 93.8 Å². The highest BCUT2D eigenvalue weighted by molar-refractivity contribution is 6.04. The van der Waals surface area contributed by atoms with E-state index < -0.39 is 17.6 Å². The number of anilines is 2. The van der Waals surface area contributed by atoms with Gasteiger partial charge in [0.25, 0.3) is 11.8 Å². The lowest BCUT2D eigenvalue weighted by Gasteiger charge is -2.12. The van der Waals surface area contributed by atoms with E-state index in [1.54, 1.807) is 4.68 Å². The van der Waals surface area contributed by atoms with E-state index in [-0.39, 0.29) is 12.1 Å². The molecule has 1 aromatic heterocycles. The number of nitrogens with one attached hydrogen (secondary N) is 2. The maximum Gasteiger partial charge on any atom is 0.255 e. The third-order valence-electron chi connectivity index (χ3n) is 6.77. The Morgan fingerprint density at radius 1 is 1.13 bits per heavy atom. The van der Waals surface area contributed by atoms with Gasteiger partial charge in [0, 0.05) is 24.3 Å². The molecule has 2 amide bonds. The number of nitrogens with two attached hydrogens (primary N) is 1. The monoisotopic (exact) mass is 513 g/mol. The molecule has 4 N–H and O–H groups in total. The molecule has 9 heteroatoms. The number of methoxy groups -OCH3 is 1. The van der Waals surface area contributed by atoms with Crippen molar-refractivity contribution < 1.29 is 18.7 Å². The second-order valence-electron chi connectivity index (χ2n) is 9.36. The van der Waals surface area contributed by atoms with E-state index >= 15 is 0 Å². The number of aromatic nitrogens is 2. The van der Waals surface area contributed by atoms with Gasteiger partial charge < -0.3 is 21.1 Å². The highest BCUT2D eigenvalue weighted by atomic mass is 19.1. The fourth-order valence-corrected chi connectivity index (χ4v) is 4.76. The van der Waals surface area contributed by atoms with Crippen LogP contribution in [0.15, 0.2) is 54.6 Å². The van der Waals surface area contributed by atoms with Crippen molar-refractivity contribution in [3.63, 3.8) is 0 Å². The normalized spacial score (nSPS) is 12.1. The Morgan fingerprint density at radius 3 is 2.68 bits per heavy atom. The first-order valence-corrected chi connectivity index (χ1v) is 12.2. The fraction of sp³-hybridized carbons (Fsp3) is 0.207. The number of carbonyl (C=O) groups excluding carboxylic acids is 2. The number of hydrogen-bond acceptors (Lipinski definition) is 5. The molecule has 2 heterocycles. The molecule has 0 aliphatic carbocycles. The predicted molar refractivity (Wildman–Crippen MR) is 143 cm³/mol. The highest BCUT2D eigenvalue weighted by Crippen LogP contribution is 2.35. The van der Waals surface area contributed by atoms with Crippen molar-refractivity contribution in [2.45, 2.75) is 33.4 Å². The van der Waals surface area contributed by atoms with E-state index in [0.717, 1.165) is 40.4 Å². The maximum atomic E-state index is 13.7. The van der Waals surface area contributed by atoms with Crippen molar-refractivity contribution in [3.8, 4) is 17.0 Å². The molecule has 1 aliphatic rings. The number of hydrogen-bond donors (Lipinski definition) is 3. The smallest absolute Gasteiger partial charge is 0.255 e. The summed E-state index contributed by atoms with van der Waals surface area (Å²) in [5, 5.41) is 10.9. The molecule has 4 aromatic rings. The summed E-state index contributed by atoms with van der Waals surface area (Å²) in [4.78, 5) is 25.3. The summed E-state index contributed by atoms with van der Waals surface area (Å²) in [6.45, 7) is 4.79. The van der Waals surface area contributed by atoms with Crippen LogP contribution in [0.5, 0.6) is 5.75 Å². The molecule has 0 radical (unpaired) electrons. The van der Waals surface area contributed by atoms with Gasteiger partial charge in [0.2, 0.25) is 0 Å². The first-order chi connectivity index (χ1) is 18.2. The lowest BCUT2D eigenvalue weighted by Crippen LogP contribution is -2.24. The average molecular weight is 514 g/mol. The third-order valence-corrected chi connectivity index (χ3v) is 6.77. The van der Waals surface area contributed by atoms with Crippen molar-refractivity contribution in [2.24, 2.45) is 5.73 Å². The molecule has 0 bridgehead atoms. The van der Waals surface area contributed by atoms with Crippen LogP contribution in [0.3, 0.4) is 0 Å². The summed E-state index contributed by atoms with van der Waals surface area (Å²) in [7, 11) is 1.43. The molecule has 8 nitrogen and oxygen atoms in total. The van der Waals surface area contributed by atoms with Crippen LogP contribution < -0.4 is 21.1 Å². The molecule has 3 aromatic carbocycles. The fourth-order valence-electron chi connectivity index (χ4n) is 4.76. The Kier molecular flexibility index (Phi) is 6.59. The number of halogens is 1. The van der Waals surface area contributed by atoms with Crippen molar-refractivity contribution in [1.82, 2.24) is 15.1 Å². The Hall–Kier alpha value is -4.66. The Morgan fingerprint density at radius 2 is 1.95 bits per heavy atom. The van der Waals surface area contributed by atoms with Crippen molar-refractivity contribution >= 4 is 23.3 Å². The number of fused-ring (bicyclic) bond motifs is 2. The molecule has 1 aliphatic heterocycles. The van der Waals surface area contributed by atoms with Gasteiger partial charge in [0.1, 0.15) is 28.6 Å². The molecular formula is C29H28FN5O3. The zero-order chi connectivity index (χ0) is 27.0. The third kappa shape index (κ3) is 4.70. The predicted octanol–water partition coefficient (Wildman–Crippen LogP) is 4.64. The van der Waals surface area contributed by atoms with Crippen LogP contribution in [0.1, 0.15) is 43.0 Å². The van der Waals surface area contributed by atoms with E-state index in [1.807, 2.05) is 44.2 Å². The Bertz CT molecular complexity index is 1580. The molecule has 0 atom stereocenters. The lowest BCUT2D eigenvalue weighted by molar-refractivity contribution is 0.0946. The number of ether oxygens (including phenoxy) is 1. The molecule has 0 spiro atoms. The molecule has 0 saturated carbocycles. The molecule has 5 rings (SSSR count). The van der Waals surface area contributed by atoms with Gasteiger partial charge in [0.05, 0.1) is 12.7 Å². The van der Waals surface area contributed by atoms with Gasteiger partial charge in [-0.25, -0.2) is 9.07 Å². The standard InChI is InChI=1S/C29H28FN5O3/c1-16-4-8-23-18(12-16)10-11-35-28(33-23)25(27(31)36)26(34-35)19-5-6-20(17(2)13-19)15-32-29(37)22-14-21(30)7-9-24(22)38-3/h4-9,12-14,33H,10-11,15H2,1-3H3,(H2,31,36)(H,32,37). The van der Waals surface area contributed by atoms with Gasteiger partial charge in [0.15, 0.2) is 0 Å². The van der Waals surface area contributed by atoms with E-state index in [1.165, 1.54) is 24.8 Å². The number of aryl methyl sites for hydroxylation is 4. The van der Waals surface area contributed by atoms with E-state index in [9.17, 15) is 14.0 Å². The van der Waals surface area contributed by atoms with Crippen LogP contribution in [0.25, 0.3) is 11.3 Å². The van der Waals surface area contributed by atoms with Gasteiger partial charge in [-0.15, -0.1) is 0 Å². The first-order valence-electron chi connectivity index (χ1n) is 12.2. The van der Waals surface area contributed by atoms with E-state index in [4.69, 9.17) is 15.6 Å². The number of amides is 2. The number of rotatable bonds is 6. The molecule has 0 unspecified atom stereocenters. The van der Waals surface area contributed by atoms with Gasteiger partial charge in [-0.2, -0.15) is 5.10 Å². The van der Waals surface area contributed by atoms with Gasteiger partial charge >= 0.3 is 0 Å². The number of nitrogens with zero attached hydrogens (tertiary/aromatic N) is 2. The summed E-state index contributed by atoms with van der Waals surface area (Å²) in [5.74, 6) is -0.662. The van der Waals surface area contributed by atoms with Crippen LogP contribution in [-0.2, 0) is 19.5 Å².